The van der Waals surface area contributed by atoms with Gasteiger partial charge in [0.25, 0.3) is 0 Å². The lowest BCUT2D eigenvalue weighted by Crippen LogP contribution is -2.30. The van der Waals surface area contributed by atoms with Crippen LogP contribution in [0.15, 0.2) is 46.7 Å². The van der Waals surface area contributed by atoms with Crippen molar-refractivity contribution < 1.29 is 9.32 Å². The van der Waals surface area contributed by atoms with E-state index in [1.54, 1.807) is 17.6 Å². The van der Waals surface area contributed by atoms with Crippen molar-refractivity contribution in [3.8, 4) is 0 Å². The van der Waals surface area contributed by atoms with Gasteiger partial charge in [-0.2, -0.15) is 0 Å². The highest BCUT2D eigenvalue weighted by Gasteiger charge is 2.15. The Kier molecular flexibility index (Phi) is 6.32. The molecule has 22 heavy (non-hydrogen) atoms. The predicted molar refractivity (Wildman–Crippen MR) is 93.7 cm³/mol. The normalized spacial score (nSPS) is 16.9. The Hall–Kier alpha value is -1.01. The van der Waals surface area contributed by atoms with Crippen molar-refractivity contribution in [2.75, 3.05) is 6.26 Å². The molecule has 0 radical (unpaired) electrons. The summed E-state index contributed by atoms with van der Waals surface area (Å²) >= 11 is 1.59. The lowest BCUT2D eigenvalue weighted by atomic mass is 10.0. The van der Waals surface area contributed by atoms with Gasteiger partial charge in [0.15, 0.2) is 0 Å². The Morgan fingerprint density at radius 2 is 1.91 bits per heavy atom. The van der Waals surface area contributed by atoms with Crippen LogP contribution in [0.4, 0.5) is 0 Å². The first-order valence-electron chi connectivity index (χ1n) is 7.38. The molecular formula is C17H23NO2S2. The van der Waals surface area contributed by atoms with E-state index in [1.807, 2.05) is 41.8 Å². The van der Waals surface area contributed by atoms with Crippen LogP contribution in [0.25, 0.3) is 0 Å². The van der Waals surface area contributed by atoms with Crippen LogP contribution in [0.2, 0.25) is 0 Å². The van der Waals surface area contributed by atoms with Gasteiger partial charge >= 0.3 is 0 Å². The van der Waals surface area contributed by atoms with E-state index in [-0.39, 0.29) is 12.1 Å². The largest absolute Gasteiger partial charge is 0.388 e. The van der Waals surface area contributed by atoms with Crippen LogP contribution < -0.4 is 5.32 Å². The van der Waals surface area contributed by atoms with Crippen molar-refractivity contribution in [3.05, 3.63) is 52.2 Å². The van der Waals surface area contributed by atoms with Crippen molar-refractivity contribution in [1.29, 1.82) is 0 Å². The van der Waals surface area contributed by atoms with Crippen molar-refractivity contribution in [1.82, 2.24) is 5.32 Å². The Balaban J connectivity index is 1.90. The highest BCUT2D eigenvalue weighted by molar-refractivity contribution is 7.84. The van der Waals surface area contributed by atoms with Gasteiger partial charge in [-0.1, -0.05) is 18.2 Å². The molecule has 4 unspecified atom stereocenters. The van der Waals surface area contributed by atoms with Gasteiger partial charge in [-0.25, -0.2) is 0 Å². The second-order valence-corrected chi connectivity index (χ2v) is 7.94. The molecule has 0 aliphatic heterocycles. The molecule has 0 aliphatic rings. The summed E-state index contributed by atoms with van der Waals surface area (Å²) in [6, 6.07) is 12.2. The molecule has 0 fully saturated rings. The van der Waals surface area contributed by atoms with Gasteiger partial charge in [-0.3, -0.25) is 4.21 Å². The summed E-state index contributed by atoms with van der Waals surface area (Å²) < 4.78 is 11.4. The van der Waals surface area contributed by atoms with Gasteiger partial charge in [0.1, 0.15) is 0 Å². The maximum atomic E-state index is 11.4. The molecule has 5 heteroatoms. The zero-order chi connectivity index (χ0) is 16.1. The summed E-state index contributed by atoms with van der Waals surface area (Å²) in [5, 5.41) is 15.7. The van der Waals surface area contributed by atoms with Gasteiger partial charge in [0, 0.05) is 38.9 Å². The Morgan fingerprint density at radius 3 is 2.45 bits per heavy atom. The fourth-order valence-electron chi connectivity index (χ4n) is 2.47. The van der Waals surface area contributed by atoms with Gasteiger partial charge in [0.2, 0.25) is 0 Å². The fourth-order valence-corrected chi connectivity index (χ4v) is 3.72. The maximum Gasteiger partial charge on any atom is 0.0896 e. The molecule has 0 saturated heterocycles. The molecule has 4 atom stereocenters. The quantitative estimate of drug-likeness (QED) is 0.811. The summed E-state index contributed by atoms with van der Waals surface area (Å²) in [6.07, 6.45) is 1.95. The number of benzene rings is 1. The van der Waals surface area contributed by atoms with Crippen molar-refractivity contribution in [2.24, 2.45) is 0 Å². The molecule has 1 heterocycles. The van der Waals surface area contributed by atoms with Crippen molar-refractivity contribution in [3.63, 3.8) is 0 Å². The van der Waals surface area contributed by atoms with Crippen LogP contribution in [0.3, 0.4) is 0 Å². The predicted octanol–water partition coefficient (Wildman–Crippen LogP) is 3.65. The minimum absolute atomic E-state index is 0.185. The van der Waals surface area contributed by atoms with Crippen LogP contribution in [-0.4, -0.2) is 21.6 Å². The van der Waals surface area contributed by atoms with Gasteiger partial charge in [-0.15, -0.1) is 11.3 Å². The van der Waals surface area contributed by atoms with E-state index in [1.165, 1.54) is 0 Å². The summed E-state index contributed by atoms with van der Waals surface area (Å²) in [4.78, 5) is 1.85. The van der Waals surface area contributed by atoms with Crippen molar-refractivity contribution in [2.45, 2.75) is 43.4 Å². The van der Waals surface area contributed by atoms with Crippen LogP contribution in [0.1, 0.15) is 42.9 Å². The zero-order valence-corrected chi connectivity index (χ0v) is 14.8. The minimum Gasteiger partial charge on any atom is -0.388 e. The van der Waals surface area contributed by atoms with Crippen LogP contribution in [0.5, 0.6) is 0 Å². The standard InChI is InChI=1S/C17H23NO2S2/c1-12(11-16(19)17-5-4-10-21-17)18-13(2)14-6-8-15(9-7-14)22(3)20/h4-10,12-13,16,18-19H,11H2,1-3H3. The second-order valence-electron chi connectivity index (χ2n) is 5.58. The number of hydrogen-bond acceptors (Lipinski definition) is 4. The maximum absolute atomic E-state index is 11.4. The first-order chi connectivity index (χ1) is 10.5. The monoisotopic (exact) mass is 337 g/mol. The number of nitrogens with one attached hydrogen (secondary N) is 1. The smallest absolute Gasteiger partial charge is 0.0896 e. The molecule has 0 aliphatic carbocycles. The third-order valence-corrected chi connectivity index (χ3v) is 5.60. The van der Waals surface area contributed by atoms with Crippen LogP contribution in [0, 0.1) is 0 Å². The second kappa shape index (κ2) is 8.02. The average Bonchev–Trinajstić information content (AvgIpc) is 3.01. The molecule has 0 spiro atoms. The lowest BCUT2D eigenvalue weighted by molar-refractivity contribution is 0.155. The number of aliphatic hydroxyl groups excluding tert-OH is 1. The Morgan fingerprint density at radius 1 is 1.23 bits per heavy atom. The zero-order valence-electron chi connectivity index (χ0n) is 13.2. The summed E-state index contributed by atoms with van der Waals surface area (Å²) in [5.41, 5.74) is 1.16. The van der Waals surface area contributed by atoms with Gasteiger partial charge in [0.05, 0.1) is 6.10 Å². The molecule has 2 N–H and O–H groups in total. The summed E-state index contributed by atoms with van der Waals surface area (Å²) in [6.45, 7) is 4.19. The highest BCUT2D eigenvalue weighted by Crippen LogP contribution is 2.24. The van der Waals surface area contributed by atoms with E-state index < -0.39 is 16.9 Å². The third-order valence-electron chi connectivity index (χ3n) is 3.69. The van der Waals surface area contributed by atoms with E-state index in [4.69, 9.17) is 0 Å². The van der Waals surface area contributed by atoms with Crippen LogP contribution in [-0.2, 0) is 10.8 Å². The molecule has 1 aromatic heterocycles. The van der Waals surface area contributed by atoms with Crippen LogP contribution >= 0.6 is 11.3 Å². The molecule has 3 nitrogen and oxygen atoms in total. The van der Waals surface area contributed by atoms with Gasteiger partial charge < -0.3 is 10.4 Å². The number of rotatable bonds is 7. The SMILES string of the molecule is CC(CC(O)c1cccs1)NC(C)c1ccc(S(C)=O)cc1. The van der Waals surface area contributed by atoms with Crippen molar-refractivity contribution >= 4 is 22.1 Å². The van der Waals surface area contributed by atoms with E-state index in [0.29, 0.717) is 6.42 Å². The van der Waals surface area contributed by atoms with E-state index in [0.717, 1.165) is 15.3 Å². The topological polar surface area (TPSA) is 49.3 Å². The third kappa shape index (κ3) is 4.74. The molecule has 0 bridgehead atoms. The Labute approximate surface area is 138 Å². The fraction of sp³-hybridized carbons (Fsp3) is 0.412. The number of thiophene rings is 1. The average molecular weight is 338 g/mol. The van der Waals surface area contributed by atoms with E-state index in [9.17, 15) is 9.32 Å². The van der Waals surface area contributed by atoms with Gasteiger partial charge in [-0.05, 0) is 49.4 Å². The molecule has 1 aromatic carbocycles. The van der Waals surface area contributed by atoms with E-state index >= 15 is 0 Å². The highest BCUT2D eigenvalue weighted by atomic mass is 32.2. The Bertz CT molecular complexity index is 596. The molecule has 0 saturated carbocycles. The molecule has 2 rings (SSSR count). The molecular weight excluding hydrogens is 314 g/mol. The van der Waals surface area contributed by atoms with E-state index in [2.05, 4.69) is 19.2 Å². The molecule has 2 aromatic rings. The molecule has 0 amide bonds. The number of hydrogen-bond donors (Lipinski definition) is 2. The number of aliphatic hydroxyl groups is 1. The first-order valence-corrected chi connectivity index (χ1v) is 9.82. The summed E-state index contributed by atoms with van der Waals surface area (Å²) in [5.74, 6) is 0. The molecule has 120 valence electrons. The summed E-state index contributed by atoms with van der Waals surface area (Å²) in [7, 11) is -0.939. The first kappa shape index (κ1) is 17.3. The minimum atomic E-state index is -0.939. The lowest BCUT2D eigenvalue weighted by Gasteiger charge is -2.22.